The van der Waals surface area contributed by atoms with Gasteiger partial charge in [0.25, 0.3) is 0 Å². The third-order valence-electron chi connectivity index (χ3n) is 5.10. The van der Waals surface area contributed by atoms with Gasteiger partial charge in [-0.15, -0.1) is 0 Å². The Morgan fingerprint density at radius 1 is 1.10 bits per heavy atom. The van der Waals surface area contributed by atoms with E-state index in [1.165, 1.54) is 0 Å². The smallest absolute Gasteiger partial charge is 0.340 e. The second-order valence-electron chi connectivity index (χ2n) is 7.20. The number of nitrogens with zero attached hydrogens (tertiary/aromatic N) is 1. The van der Waals surface area contributed by atoms with Gasteiger partial charge in [-0.05, 0) is 44.1 Å². The number of fused-ring (bicyclic) bond motifs is 1. The maximum Gasteiger partial charge on any atom is 0.340 e. The van der Waals surface area contributed by atoms with E-state index in [1.54, 1.807) is 13.0 Å². The molecule has 1 aromatic heterocycles. The summed E-state index contributed by atoms with van der Waals surface area (Å²) in [6.07, 6.45) is 0.0600. The Morgan fingerprint density at radius 2 is 1.83 bits per heavy atom. The lowest BCUT2D eigenvalue weighted by atomic mass is 9.95. The molecule has 0 spiro atoms. The van der Waals surface area contributed by atoms with Crippen LogP contribution in [0.2, 0.25) is 0 Å². The Labute approximate surface area is 171 Å². The van der Waals surface area contributed by atoms with E-state index in [0.29, 0.717) is 23.3 Å². The molecule has 0 amide bonds. The first-order valence-corrected chi connectivity index (χ1v) is 10.2. The number of likely N-dealkylation sites (N-methyl/N-ethyl adjacent to an activating group) is 1. The first-order valence-electron chi connectivity index (χ1n) is 10.2. The van der Waals surface area contributed by atoms with Crippen LogP contribution in [0, 0.1) is 0 Å². The lowest BCUT2D eigenvalue weighted by Crippen LogP contribution is -2.27. The summed E-state index contributed by atoms with van der Waals surface area (Å²) in [5.74, 6) is 0.566. The summed E-state index contributed by atoms with van der Waals surface area (Å²) in [6.45, 7) is 8.79. The van der Waals surface area contributed by atoms with Gasteiger partial charge in [-0.25, -0.2) is 4.79 Å². The molecule has 0 aliphatic rings. The molecule has 3 aromatic rings. The average molecular weight is 395 g/mol. The van der Waals surface area contributed by atoms with E-state index in [9.17, 15) is 9.90 Å². The van der Waals surface area contributed by atoms with Gasteiger partial charge in [0.15, 0.2) is 0 Å². The van der Waals surface area contributed by atoms with Gasteiger partial charge in [-0.3, -0.25) is 0 Å². The van der Waals surface area contributed by atoms with Crippen LogP contribution in [-0.2, 0) is 6.42 Å². The molecule has 2 aromatic carbocycles. The highest BCUT2D eigenvalue weighted by molar-refractivity contribution is 5.95. The van der Waals surface area contributed by atoms with Crippen molar-refractivity contribution in [3.05, 3.63) is 64.5 Å². The van der Waals surface area contributed by atoms with Crippen LogP contribution >= 0.6 is 0 Å². The van der Waals surface area contributed by atoms with E-state index in [0.717, 1.165) is 36.1 Å². The largest absolute Gasteiger partial charge is 0.491 e. The zero-order valence-electron chi connectivity index (χ0n) is 17.4. The summed E-state index contributed by atoms with van der Waals surface area (Å²) in [6, 6.07) is 15.5. The van der Waals surface area contributed by atoms with Crippen molar-refractivity contribution in [3.8, 4) is 16.9 Å². The summed E-state index contributed by atoms with van der Waals surface area (Å²) in [4.78, 5) is 15.2. The van der Waals surface area contributed by atoms with Gasteiger partial charge in [0.1, 0.15) is 17.9 Å². The number of aliphatic hydroxyl groups excluding tert-OH is 1. The minimum Gasteiger partial charge on any atom is -0.491 e. The van der Waals surface area contributed by atoms with Gasteiger partial charge in [0.05, 0.1) is 6.10 Å². The van der Waals surface area contributed by atoms with Crippen LogP contribution < -0.4 is 10.4 Å². The molecule has 0 saturated carbocycles. The highest BCUT2D eigenvalue weighted by Gasteiger charge is 2.17. The van der Waals surface area contributed by atoms with Crippen LogP contribution in [0.3, 0.4) is 0 Å². The molecule has 0 bridgehead atoms. The van der Waals surface area contributed by atoms with Gasteiger partial charge < -0.3 is 19.2 Å². The quantitative estimate of drug-likeness (QED) is 0.553. The molecular weight excluding hydrogens is 366 g/mol. The molecule has 1 heterocycles. The van der Waals surface area contributed by atoms with Crippen molar-refractivity contribution >= 4 is 11.0 Å². The lowest BCUT2D eigenvalue weighted by molar-refractivity contribution is 0.123. The fourth-order valence-corrected chi connectivity index (χ4v) is 3.50. The van der Waals surface area contributed by atoms with Crippen molar-refractivity contribution in [2.75, 3.05) is 26.2 Å². The molecule has 0 radical (unpaired) electrons. The molecule has 0 saturated heterocycles. The third kappa shape index (κ3) is 5.05. The topological polar surface area (TPSA) is 62.9 Å². The second kappa shape index (κ2) is 9.72. The van der Waals surface area contributed by atoms with E-state index in [2.05, 4.69) is 18.7 Å². The average Bonchev–Trinajstić information content (AvgIpc) is 2.73. The molecule has 5 heteroatoms. The van der Waals surface area contributed by atoms with Crippen molar-refractivity contribution in [2.24, 2.45) is 0 Å². The van der Waals surface area contributed by atoms with E-state index < -0.39 is 6.10 Å². The number of benzene rings is 2. The fourth-order valence-electron chi connectivity index (χ4n) is 3.50. The number of rotatable bonds is 9. The first kappa shape index (κ1) is 21.1. The maximum atomic E-state index is 12.9. The van der Waals surface area contributed by atoms with E-state index in [4.69, 9.17) is 9.15 Å². The number of hydrogen-bond acceptors (Lipinski definition) is 5. The van der Waals surface area contributed by atoms with E-state index >= 15 is 0 Å². The number of aliphatic hydroxyl groups is 1. The predicted octanol–water partition coefficient (Wildman–Crippen LogP) is 4.10. The number of ether oxygens (including phenoxy) is 1. The molecule has 0 fully saturated rings. The minimum atomic E-state index is -0.569. The highest BCUT2D eigenvalue weighted by Crippen LogP contribution is 2.32. The first-order chi connectivity index (χ1) is 14.0. The molecule has 1 N–H and O–H groups in total. The molecule has 1 unspecified atom stereocenters. The molecule has 29 heavy (non-hydrogen) atoms. The van der Waals surface area contributed by atoms with E-state index in [1.807, 2.05) is 42.5 Å². The third-order valence-corrected chi connectivity index (χ3v) is 5.10. The molecular formula is C24H29NO4. The zero-order chi connectivity index (χ0) is 20.8. The van der Waals surface area contributed by atoms with Gasteiger partial charge in [0.2, 0.25) is 0 Å². The normalized spacial score (nSPS) is 12.4. The molecule has 3 rings (SSSR count). The van der Waals surface area contributed by atoms with Crippen LogP contribution in [0.5, 0.6) is 5.75 Å². The Kier molecular flexibility index (Phi) is 7.07. The van der Waals surface area contributed by atoms with Crippen molar-refractivity contribution < 1.29 is 14.3 Å². The van der Waals surface area contributed by atoms with Gasteiger partial charge in [-0.1, -0.05) is 44.2 Å². The van der Waals surface area contributed by atoms with Crippen LogP contribution in [0.25, 0.3) is 22.1 Å². The maximum absolute atomic E-state index is 12.9. The molecule has 0 aliphatic carbocycles. The lowest BCUT2D eigenvalue weighted by Gasteiger charge is -2.19. The predicted molar refractivity (Wildman–Crippen MR) is 117 cm³/mol. The summed E-state index contributed by atoms with van der Waals surface area (Å²) in [5.41, 5.74) is 2.80. The van der Waals surface area contributed by atoms with Crippen molar-refractivity contribution in [1.29, 1.82) is 0 Å². The molecule has 5 nitrogen and oxygen atoms in total. The van der Waals surface area contributed by atoms with Crippen LogP contribution in [0.15, 0.2) is 57.7 Å². The van der Waals surface area contributed by atoms with Crippen LogP contribution in [0.1, 0.15) is 26.3 Å². The molecule has 1 atom stereocenters. The van der Waals surface area contributed by atoms with Crippen LogP contribution in [0.4, 0.5) is 0 Å². The summed E-state index contributed by atoms with van der Waals surface area (Å²) < 4.78 is 11.3. The second-order valence-corrected chi connectivity index (χ2v) is 7.20. The van der Waals surface area contributed by atoms with Gasteiger partial charge in [-0.2, -0.15) is 0 Å². The highest BCUT2D eigenvalue weighted by atomic mass is 16.5. The van der Waals surface area contributed by atoms with Gasteiger partial charge >= 0.3 is 5.63 Å². The summed E-state index contributed by atoms with van der Waals surface area (Å²) in [5, 5.41) is 10.3. The van der Waals surface area contributed by atoms with Gasteiger partial charge in [0, 0.05) is 29.1 Å². The Bertz CT molecular complexity index is 991. The standard InChI is InChI=1S/C24H29NO4/c1-4-25(5-2)14-13-21-23(18-9-7-6-8-10-18)20-12-11-19(28-16-17(3)26)15-22(20)29-24(21)27/h6-12,15,17,26H,4-5,13-14,16H2,1-3H3. The van der Waals surface area contributed by atoms with Crippen LogP contribution in [-0.4, -0.2) is 42.4 Å². The summed E-state index contributed by atoms with van der Waals surface area (Å²) in [7, 11) is 0. The SMILES string of the molecule is CCN(CC)CCc1c(-c2ccccc2)c2ccc(OCC(C)O)cc2oc1=O. The minimum absolute atomic E-state index is 0.184. The monoisotopic (exact) mass is 395 g/mol. The molecule has 0 aliphatic heterocycles. The Balaban J connectivity index is 2.10. The van der Waals surface area contributed by atoms with Crippen molar-refractivity contribution in [1.82, 2.24) is 4.90 Å². The molecule has 154 valence electrons. The Morgan fingerprint density at radius 3 is 2.48 bits per heavy atom. The van der Waals surface area contributed by atoms with E-state index in [-0.39, 0.29) is 12.2 Å². The fraction of sp³-hybridized carbons (Fsp3) is 0.375. The number of hydrogen-bond donors (Lipinski definition) is 1. The van der Waals surface area contributed by atoms with Crippen molar-refractivity contribution in [3.63, 3.8) is 0 Å². The Hall–Kier alpha value is -2.63. The zero-order valence-corrected chi connectivity index (χ0v) is 17.4. The van der Waals surface area contributed by atoms with Crippen molar-refractivity contribution in [2.45, 2.75) is 33.3 Å². The summed E-state index contributed by atoms with van der Waals surface area (Å²) >= 11 is 0.